The highest BCUT2D eigenvalue weighted by Gasteiger charge is 2.28. The highest BCUT2D eigenvalue weighted by Crippen LogP contribution is 2.31. The summed E-state index contributed by atoms with van der Waals surface area (Å²) in [6.45, 7) is 6.91. The maximum absolute atomic E-state index is 12.4. The lowest BCUT2D eigenvalue weighted by molar-refractivity contribution is -0.143. The van der Waals surface area contributed by atoms with Crippen molar-refractivity contribution in [1.29, 1.82) is 0 Å². The maximum Gasteiger partial charge on any atom is 0.409 e. The van der Waals surface area contributed by atoms with Crippen LogP contribution in [0.25, 0.3) is 11.3 Å². The van der Waals surface area contributed by atoms with Gasteiger partial charge in [-0.1, -0.05) is 19.1 Å². The highest BCUT2D eigenvalue weighted by atomic mass is 16.6. The third-order valence-corrected chi connectivity index (χ3v) is 6.36. The number of carboxylic acids is 1. The highest BCUT2D eigenvalue weighted by molar-refractivity contribution is 5.70. The van der Waals surface area contributed by atoms with Crippen molar-refractivity contribution in [2.24, 2.45) is 18.9 Å². The van der Waals surface area contributed by atoms with Gasteiger partial charge in [-0.2, -0.15) is 0 Å². The molecule has 1 aromatic carbocycles. The van der Waals surface area contributed by atoms with Gasteiger partial charge in [-0.25, -0.2) is 9.48 Å². The first-order valence-electron chi connectivity index (χ1n) is 11.9. The van der Waals surface area contributed by atoms with E-state index in [-0.39, 0.29) is 24.7 Å². The summed E-state index contributed by atoms with van der Waals surface area (Å²) < 4.78 is 13.3. The zero-order chi connectivity index (χ0) is 24.8. The van der Waals surface area contributed by atoms with Crippen molar-refractivity contribution < 1.29 is 24.2 Å². The van der Waals surface area contributed by atoms with Gasteiger partial charge >= 0.3 is 12.1 Å². The number of benzene rings is 1. The molecule has 1 aliphatic rings. The molecule has 1 amide bonds. The predicted octanol–water partition coefficient (Wildman–Crippen LogP) is 4.43. The monoisotopic (exact) mass is 472 g/mol. The Labute approximate surface area is 201 Å². The Balaban J connectivity index is 1.67. The lowest BCUT2D eigenvalue weighted by Crippen LogP contribution is -2.29. The van der Waals surface area contributed by atoms with Crippen LogP contribution in [0.2, 0.25) is 0 Å². The zero-order valence-electron chi connectivity index (χ0n) is 20.8. The maximum atomic E-state index is 12.4. The zero-order valence-corrected chi connectivity index (χ0v) is 20.8. The smallest absolute Gasteiger partial charge is 0.409 e. The van der Waals surface area contributed by atoms with Gasteiger partial charge in [0, 0.05) is 26.2 Å². The number of aryl methyl sites for hydroxylation is 2. The van der Waals surface area contributed by atoms with Crippen LogP contribution in [0, 0.1) is 18.8 Å². The number of rotatable bonds is 9. The molecule has 186 valence electrons. The molecule has 1 N–H and O–H groups in total. The van der Waals surface area contributed by atoms with Crippen LogP contribution >= 0.6 is 0 Å². The molecule has 0 unspecified atom stereocenters. The van der Waals surface area contributed by atoms with Crippen LogP contribution in [0.15, 0.2) is 18.2 Å². The Kier molecular flexibility index (Phi) is 8.52. The van der Waals surface area contributed by atoms with Crippen molar-refractivity contribution in [2.75, 3.05) is 13.6 Å². The number of carboxylic acid groups (broad SMARTS) is 1. The number of aromatic nitrogens is 3. The quantitative estimate of drug-likeness (QED) is 0.575. The number of ether oxygens (including phenoxy) is 2. The molecule has 9 nitrogen and oxygen atoms in total. The molecule has 2 atom stereocenters. The Bertz CT molecular complexity index is 1000. The number of aliphatic carboxylic acids is 1. The second kappa shape index (κ2) is 11.4. The second-order valence-corrected chi connectivity index (χ2v) is 9.59. The topological polar surface area (TPSA) is 107 Å². The van der Waals surface area contributed by atoms with E-state index in [2.05, 4.69) is 24.2 Å². The van der Waals surface area contributed by atoms with Crippen molar-refractivity contribution >= 4 is 12.1 Å². The number of carbonyl (C=O) groups excluding carboxylic acids is 1. The Morgan fingerprint density at radius 2 is 2.06 bits per heavy atom. The lowest BCUT2D eigenvalue weighted by atomic mass is 9.87. The summed E-state index contributed by atoms with van der Waals surface area (Å²) in [6.07, 6.45) is 3.39. The molecule has 2 aromatic rings. The van der Waals surface area contributed by atoms with Gasteiger partial charge < -0.3 is 19.5 Å². The third-order valence-electron chi connectivity index (χ3n) is 6.36. The molecule has 0 bridgehead atoms. The molecule has 34 heavy (non-hydrogen) atoms. The van der Waals surface area contributed by atoms with Gasteiger partial charge in [0.25, 0.3) is 0 Å². The van der Waals surface area contributed by atoms with Gasteiger partial charge in [-0.15, -0.1) is 5.10 Å². The van der Waals surface area contributed by atoms with E-state index in [4.69, 9.17) is 9.47 Å². The molecule has 1 aromatic heterocycles. The molecule has 3 rings (SSSR count). The van der Waals surface area contributed by atoms with Gasteiger partial charge in [0.15, 0.2) is 0 Å². The van der Waals surface area contributed by atoms with Crippen LogP contribution in [0.1, 0.15) is 57.2 Å². The minimum absolute atomic E-state index is 0.0695. The van der Waals surface area contributed by atoms with Crippen molar-refractivity contribution in [3.63, 3.8) is 0 Å². The average Bonchev–Trinajstić information content (AvgIpc) is 3.16. The molecular weight excluding hydrogens is 436 g/mol. The molecule has 0 spiro atoms. The standard InChI is InChI=1S/C25H36N4O5/c1-16(2)11-12-28(4)25(32)33-15-22-23(26-27-29(22)5)21-10-9-20(13-17(21)3)34-19-8-6-7-18(14-19)24(30)31/h9-10,13,16,18-19H,6-8,11-12,14-15H2,1-5H3,(H,30,31)/t18-,19-/m0/s1. The molecule has 1 aliphatic carbocycles. The van der Waals surface area contributed by atoms with E-state index < -0.39 is 5.97 Å². The van der Waals surface area contributed by atoms with Crippen LogP contribution in [0.4, 0.5) is 4.79 Å². The first kappa shape index (κ1) is 25.5. The van der Waals surface area contributed by atoms with Crippen molar-refractivity contribution in [1.82, 2.24) is 19.9 Å². The molecule has 0 radical (unpaired) electrons. The summed E-state index contributed by atoms with van der Waals surface area (Å²) in [5.74, 6) is 0.130. The molecule has 9 heteroatoms. The van der Waals surface area contributed by atoms with E-state index in [1.165, 1.54) is 0 Å². The fraction of sp³-hybridized carbons (Fsp3) is 0.600. The summed E-state index contributed by atoms with van der Waals surface area (Å²) in [5.41, 5.74) is 3.20. The van der Waals surface area contributed by atoms with Gasteiger partial charge in [-0.05, 0) is 68.7 Å². The molecular formula is C25H36N4O5. The van der Waals surface area contributed by atoms with Crippen LogP contribution < -0.4 is 4.74 Å². The summed E-state index contributed by atoms with van der Waals surface area (Å²) in [6, 6.07) is 5.73. The van der Waals surface area contributed by atoms with E-state index >= 15 is 0 Å². The normalized spacial score (nSPS) is 18.1. The first-order chi connectivity index (χ1) is 16.2. The Hall–Kier alpha value is -3.10. The van der Waals surface area contributed by atoms with E-state index in [0.717, 1.165) is 30.4 Å². The number of hydrogen-bond donors (Lipinski definition) is 1. The fourth-order valence-electron chi connectivity index (χ4n) is 4.18. The van der Waals surface area contributed by atoms with Crippen molar-refractivity contribution in [2.45, 2.75) is 65.6 Å². The van der Waals surface area contributed by atoms with Crippen LogP contribution in [0.5, 0.6) is 5.75 Å². The van der Waals surface area contributed by atoms with Crippen LogP contribution in [0.3, 0.4) is 0 Å². The van der Waals surface area contributed by atoms with E-state index in [0.29, 0.717) is 42.4 Å². The van der Waals surface area contributed by atoms with Crippen molar-refractivity contribution in [3.05, 3.63) is 29.5 Å². The van der Waals surface area contributed by atoms with Crippen LogP contribution in [-0.2, 0) is 23.2 Å². The number of hydrogen-bond acceptors (Lipinski definition) is 6. The SMILES string of the molecule is Cc1cc(O[C@H]2CCC[C@H](C(=O)O)C2)ccc1-c1nnn(C)c1COC(=O)N(C)CCC(C)C. The largest absolute Gasteiger partial charge is 0.490 e. The van der Waals surface area contributed by atoms with Crippen molar-refractivity contribution in [3.8, 4) is 17.0 Å². The molecule has 1 saturated carbocycles. The van der Waals surface area contributed by atoms with Crippen LogP contribution in [-0.4, -0.2) is 56.8 Å². The number of amides is 1. The number of nitrogens with zero attached hydrogens (tertiary/aromatic N) is 4. The average molecular weight is 473 g/mol. The molecule has 1 heterocycles. The van der Waals surface area contributed by atoms with E-state index in [9.17, 15) is 14.7 Å². The Morgan fingerprint density at radius 3 is 2.74 bits per heavy atom. The first-order valence-corrected chi connectivity index (χ1v) is 11.9. The molecule has 1 fully saturated rings. The fourth-order valence-corrected chi connectivity index (χ4v) is 4.18. The Morgan fingerprint density at radius 1 is 1.29 bits per heavy atom. The minimum Gasteiger partial charge on any atom is -0.490 e. The molecule has 0 saturated heterocycles. The van der Waals surface area contributed by atoms with E-state index in [1.807, 2.05) is 25.1 Å². The minimum atomic E-state index is -0.748. The summed E-state index contributed by atoms with van der Waals surface area (Å²) in [4.78, 5) is 25.3. The number of carbonyl (C=O) groups is 2. The van der Waals surface area contributed by atoms with Gasteiger partial charge in [0.1, 0.15) is 23.7 Å². The van der Waals surface area contributed by atoms with E-state index in [1.54, 1.807) is 23.7 Å². The molecule has 0 aliphatic heterocycles. The van der Waals surface area contributed by atoms with Gasteiger partial charge in [0.2, 0.25) is 0 Å². The van der Waals surface area contributed by atoms with Gasteiger partial charge in [0.05, 0.1) is 12.0 Å². The third kappa shape index (κ3) is 6.48. The lowest BCUT2D eigenvalue weighted by Gasteiger charge is -2.27. The summed E-state index contributed by atoms with van der Waals surface area (Å²) >= 11 is 0. The second-order valence-electron chi connectivity index (χ2n) is 9.59. The predicted molar refractivity (Wildman–Crippen MR) is 127 cm³/mol. The summed E-state index contributed by atoms with van der Waals surface area (Å²) in [5, 5.41) is 17.7. The van der Waals surface area contributed by atoms with Gasteiger partial charge in [-0.3, -0.25) is 4.79 Å². The summed E-state index contributed by atoms with van der Waals surface area (Å²) in [7, 11) is 3.51.